The minimum Gasteiger partial charge on any atom is -0.469 e. The van der Waals surface area contributed by atoms with Crippen LogP contribution < -0.4 is 5.32 Å². The van der Waals surface area contributed by atoms with Crippen LogP contribution in [-0.2, 0) is 11.2 Å². The summed E-state index contributed by atoms with van der Waals surface area (Å²) in [5, 5.41) is 5.44. The van der Waals surface area contributed by atoms with Crippen molar-refractivity contribution in [2.24, 2.45) is 0 Å². The lowest BCUT2D eigenvalue weighted by atomic mass is 10.2. The van der Waals surface area contributed by atoms with Crippen LogP contribution in [0.5, 0.6) is 0 Å². The van der Waals surface area contributed by atoms with E-state index in [4.69, 9.17) is 4.42 Å². The number of hydrogen-bond donors (Lipinski definition) is 1. The van der Waals surface area contributed by atoms with Gasteiger partial charge >= 0.3 is 0 Å². The van der Waals surface area contributed by atoms with E-state index in [2.05, 4.69) is 29.4 Å². The molecule has 0 bridgehead atoms. The first-order chi connectivity index (χ1) is 10.2. The summed E-state index contributed by atoms with van der Waals surface area (Å²) < 4.78 is 5.21. The molecule has 3 rings (SSSR count). The molecule has 0 unspecified atom stereocenters. The maximum absolute atomic E-state index is 11.9. The molecular weight excluding hydrogens is 304 g/mol. The molecule has 21 heavy (non-hydrogen) atoms. The SMILES string of the molecule is Cc1ccc(-c2csc(NC(=O)CCc3ccco3)n2)s1. The number of thiazole rings is 1. The molecule has 3 aromatic rings. The Balaban J connectivity index is 1.58. The molecule has 0 aliphatic carbocycles. The largest absolute Gasteiger partial charge is 0.469 e. The molecule has 3 heterocycles. The van der Waals surface area contributed by atoms with Gasteiger partial charge in [-0.2, -0.15) is 0 Å². The first-order valence-electron chi connectivity index (χ1n) is 6.55. The van der Waals surface area contributed by atoms with Gasteiger partial charge in [-0.3, -0.25) is 4.79 Å². The van der Waals surface area contributed by atoms with Crippen LogP contribution in [-0.4, -0.2) is 10.9 Å². The Kier molecular flexibility index (Phi) is 4.17. The molecular formula is C15H14N2O2S2. The zero-order valence-electron chi connectivity index (χ0n) is 11.5. The summed E-state index contributed by atoms with van der Waals surface area (Å²) in [6.45, 7) is 2.07. The van der Waals surface area contributed by atoms with Crippen LogP contribution >= 0.6 is 22.7 Å². The van der Waals surface area contributed by atoms with E-state index in [1.165, 1.54) is 16.2 Å². The number of aryl methyl sites for hydroxylation is 2. The van der Waals surface area contributed by atoms with Crippen LogP contribution in [0.3, 0.4) is 0 Å². The van der Waals surface area contributed by atoms with Gasteiger partial charge in [-0.1, -0.05) is 0 Å². The fourth-order valence-electron chi connectivity index (χ4n) is 1.89. The normalized spacial score (nSPS) is 10.7. The lowest BCUT2D eigenvalue weighted by Crippen LogP contribution is -2.11. The van der Waals surface area contributed by atoms with Gasteiger partial charge in [-0.05, 0) is 31.2 Å². The highest BCUT2D eigenvalue weighted by molar-refractivity contribution is 7.17. The number of nitrogens with one attached hydrogen (secondary N) is 1. The predicted molar refractivity (Wildman–Crippen MR) is 85.8 cm³/mol. The maximum Gasteiger partial charge on any atom is 0.226 e. The summed E-state index contributed by atoms with van der Waals surface area (Å²) >= 11 is 3.15. The minimum atomic E-state index is -0.0466. The average molecular weight is 318 g/mol. The fourth-order valence-corrected chi connectivity index (χ4v) is 3.52. The molecule has 1 amide bonds. The molecule has 0 saturated carbocycles. The molecule has 0 fully saturated rings. The van der Waals surface area contributed by atoms with Gasteiger partial charge in [0, 0.05) is 23.1 Å². The van der Waals surface area contributed by atoms with Crippen molar-refractivity contribution in [3.05, 3.63) is 46.5 Å². The number of aromatic nitrogens is 1. The van der Waals surface area contributed by atoms with Crippen molar-refractivity contribution in [2.45, 2.75) is 19.8 Å². The van der Waals surface area contributed by atoms with Crippen LogP contribution in [0.2, 0.25) is 0 Å². The number of thiophene rings is 1. The van der Waals surface area contributed by atoms with E-state index < -0.39 is 0 Å². The topological polar surface area (TPSA) is 55.1 Å². The quantitative estimate of drug-likeness (QED) is 0.761. The van der Waals surface area contributed by atoms with Crippen molar-refractivity contribution in [1.82, 2.24) is 4.98 Å². The second kappa shape index (κ2) is 6.24. The monoisotopic (exact) mass is 318 g/mol. The van der Waals surface area contributed by atoms with E-state index >= 15 is 0 Å². The number of nitrogens with zero attached hydrogens (tertiary/aromatic N) is 1. The molecule has 0 aromatic carbocycles. The number of carbonyl (C=O) groups is 1. The van der Waals surface area contributed by atoms with Crippen molar-refractivity contribution in [3.8, 4) is 10.6 Å². The third kappa shape index (κ3) is 3.59. The highest BCUT2D eigenvalue weighted by atomic mass is 32.1. The highest BCUT2D eigenvalue weighted by Gasteiger charge is 2.10. The number of carbonyl (C=O) groups excluding carboxylic acids is 1. The molecule has 6 heteroatoms. The second-order valence-electron chi connectivity index (χ2n) is 4.58. The van der Waals surface area contributed by atoms with Crippen LogP contribution in [0.15, 0.2) is 40.3 Å². The van der Waals surface area contributed by atoms with E-state index in [0.29, 0.717) is 18.0 Å². The smallest absolute Gasteiger partial charge is 0.226 e. The molecule has 108 valence electrons. The lowest BCUT2D eigenvalue weighted by Gasteiger charge is -1.99. The summed E-state index contributed by atoms with van der Waals surface area (Å²) in [6.07, 6.45) is 2.60. The predicted octanol–water partition coefficient (Wildman–Crippen LogP) is 4.34. The molecule has 0 saturated heterocycles. The van der Waals surface area contributed by atoms with Crippen molar-refractivity contribution in [3.63, 3.8) is 0 Å². The maximum atomic E-state index is 11.9. The van der Waals surface area contributed by atoms with Crippen LogP contribution in [0.4, 0.5) is 5.13 Å². The summed E-state index contributed by atoms with van der Waals surface area (Å²) in [6, 6.07) is 7.82. The standard InChI is InChI=1S/C15H14N2O2S2/c1-10-4-6-13(21-10)12-9-20-15(16-12)17-14(18)7-5-11-3-2-8-19-11/h2-4,6,8-9H,5,7H2,1H3,(H,16,17,18). The van der Waals surface area contributed by atoms with Crippen LogP contribution in [0.25, 0.3) is 10.6 Å². The molecule has 0 atom stereocenters. The zero-order chi connectivity index (χ0) is 14.7. The van der Waals surface area contributed by atoms with Gasteiger partial charge in [0.25, 0.3) is 0 Å². The summed E-state index contributed by atoms with van der Waals surface area (Å²) in [5.74, 6) is 0.772. The van der Waals surface area contributed by atoms with E-state index in [0.717, 1.165) is 16.3 Å². The minimum absolute atomic E-state index is 0.0466. The average Bonchev–Trinajstić information content (AvgIpc) is 3.17. The van der Waals surface area contributed by atoms with Gasteiger partial charge in [-0.15, -0.1) is 22.7 Å². The number of rotatable bonds is 5. The van der Waals surface area contributed by atoms with Gasteiger partial charge in [-0.25, -0.2) is 4.98 Å². The third-order valence-corrected chi connectivity index (χ3v) is 4.70. The number of anilines is 1. The Labute approximate surface area is 130 Å². The molecule has 0 radical (unpaired) electrons. The molecule has 0 spiro atoms. The zero-order valence-corrected chi connectivity index (χ0v) is 13.1. The first-order valence-corrected chi connectivity index (χ1v) is 8.25. The lowest BCUT2D eigenvalue weighted by molar-refractivity contribution is -0.116. The van der Waals surface area contributed by atoms with Crippen molar-refractivity contribution in [2.75, 3.05) is 5.32 Å². The van der Waals surface area contributed by atoms with Gasteiger partial charge in [0.2, 0.25) is 5.91 Å². The summed E-state index contributed by atoms with van der Waals surface area (Å²) in [5.41, 5.74) is 0.916. The van der Waals surface area contributed by atoms with Gasteiger partial charge in [0.15, 0.2) is 5.13 Å². The van der Waals surface area contributed by atoms with Crippen molar-refractivity contribution < 1.29 is 9.21 Å². The Morgan fingerprint density at radius 2 is 2.29 bits per heavy atom. The second-order valence-corrected chi connectivity index (χ2v) is 6.72. The first kappa shape index (κ1) is 14.0. The Morgan fingerprint density at radius 3 is 3.00 bits per heavy atom. The Hall–Kier alpha value is -1.92. The molecule has 4 nitrogen and oxygen atoms in total. The third-order valence-electron chi connectivity index (χ3n) is 2.92. The Morgan fingerprint density at radius 1 is 1.38 bits per heavy atom. The van der Waals surface area contributed by atoms with Gasteiger partial charge in [0.05, 0.1) is 16.8 Å². The number of furan rings is 1. The van der Waals surface area contributed by atoms with Gasteiger partial charge < -0.3 is 9.73 Å². The highest BCUT2D eigenvalue weighted by Crippen LogP contribution is 2.30. The molecule has 0 aliphatic heterocycles. The summed E-state index contributed by atoms with van der Waals surface area (Å²) in [4.78, 5) is 18.7. The van der Waals surface area contributed by atoms with Crippen LogP contribution in [0.1, 0.15) is 17.1 Å². The summed E-state index contributed by atoms with van der Waals surface area (Å²) in [7, 11) is 0. The molecule has 1 N–H and O–H groups in total. The fraction of sp³-hybridized carbons (Fsp3) is 0.200. The number of amides is 1. The van der Waals surface area contributed by atoms with E-state index in [1.807, 2.05) is 17.5 Å². The van der Waals surface area contributed by atoms with E-state index in [9.17, 15) is 4.79 Å². The number of hydrogen-bond acceptors (Lipinski definition) is 5. The van der Waals surface area contributed by atoms with Crippen molar-refractivity contribution >= 4 is 33.7 Å². The molecule has 0 aliphatic rings. The van der Waals surface area contributed by atoms with E-state index in [-0.39, 0.29) is 5.91 Å². The molecule has 3 aromatic heterocycles. The van der Waals surface area contributed by atoms with Crippen molar-refractivity contribution in [1.29, 1.82) is 0 Å². The van der Waals surface area contributed by atoms with E-state index in [1.54, 1.807) is 17.6 Å². The Bertz CT molecular complexity index is 729. The van der Waals surface area contributed by atoms with Crippen LogP contribution in [0, 0.1) is 6.92 Å². The van der Waals surface area contributed by atoms with Gasteiger partial charge in [0.1, 0.15) is 5.76 Å².